The topological polar surface area (TPSA) is 30.5 Å². The summed E-state index contributed by atoms with van der Waals surface area (Å²) < 4.78 is 11.2. The van der Waals surface area contributed by atoms with Crippen LogP contribution in [0.3, 0.4) is 0 Å². The second-order valence-electron chi connectivity index (χ2n) is 4.90. The number of hydrogen-bond donors (Lipinski definition) is 1. The summed E-state index contributed by atoms with van der Waals surface area (Å²) in [6.07, 6.45) is 0.188. The maximum atomic E-state index is 6.02. The first kappa shape index (κ1) is 15.5. The van der Waals surface area contributed by atoms with E-state index in [-0.39, 0.29) is 6.10 Å². The minimum atomic E-state index is 0.188. The van der Waals surface area contributed by atoms with Crippen LogP contribution in [0.15, 0.2) is 48.5 Å². The molecule has 1 N–H and O–H groups in total. The molecule has 0 atom stereocenters. The van der Waals surface area contributed by atoms with Crippen LogP contribution in [0.4, 0.5) is 5.69 Å². The molecule has 0 bridgehead atoms. The van der Waals surface area contributed by atoms with E-state index in [4.69, 9.17) is 21.1 Å². The summed E-state index contributed by atoms with van der Waals surface area (Å²) in [6.45, 7) is 5.28. The molecular formula is C17H20ClNO2. The summed E-state index contributed by atoms with van der Waals surface area (Å²) >= 11 is 6.02. The van der Waals surface area contributed by atoms with Crippen LogP contribution >= 0.6 is 11.6 Å². The number of nitrogens with one attached hydrogen (secondary N) is 1. The van der Waals surface area contributed by atoms with Crippen LogP contribution in [-0.2, 0) is 0 Å². The van der Waals surface area contributed by atoms with Crippen LogP contribution in [0.5, 0.6) is 11.5 Å². The molecule has 112 valence electrons. The van der Waals surface area contributed by atoms with Crippen molar-refractivity contribution in [3.8, 4) is 11.5 Å². The molecule has 0 aliphatic rings. The van der Waals surface area contributed by atoms with Gasteiger partial charge in [0, 0.05) is 12.2 Å². The Morgan fingerprint density at radius 3 is 2.43 bits per heavy atom. The van der Waals surface area contributed by atoms with Crippen molar-refractivity contribution in [3.05, 3.63) is 53.6 Å². The van der Waals surface area contributed by atoms with Gasteiger partial charge in [-0.3, -0.25) is 0 Å². The Morgan fingerprint density at radius 2 is 1.76 bits per heavy atom. The molecule has 0 spiro atoms. The molecule has 2 aromatic rings. The third-order valence-electron chi connectivity index (χ3n) is 2.75. The number of para-hydroxylation sites is 1. The average Bonchev–Trinajstić information content (AvgIpc) is 2.46. The maximum absolute atomic E-state index is 6.02. The van der Waals surface area contributed by atoms with E-state index < -0.39 is 0 Å². The van der Waals surface area contributed by atoms with E-state index in [1.165, 1.54) is 0 Å². The van der Waals surface area contributed by atoms with Crippen molar-refractivity contribution in [2.24, 2.45) is 0 Å². The molecule has 0 saturated carbocycles. The summed E-state index contributed by atoms with van der Waals surface area (Å²) in [5.74, 6) is 1.59. The van der Waals surface area contributed by atoms with Crippen LogP contribution in [0, 0.1) is 0 Å². The Kier molecular flexibility index (Phi) is 5.76. The van der Waals surface area contributed by atoms with Gasteiger partial charge in [0.1, 0.15) is 18.1 Å². The lowest BCUT2D eigenvalue weighted by Crippen LogP contribution is -2.11. The summed E-state index contributed by atoms with van der Waals surface area (Å²) in [4.78, 5) is 0. The lowest BCUT2D eigenvalue weighted by molar-refractivity contribution is 0.242. The lowest BCUT2D eigenvalue weighted by Gasteiger charge is -2.12. The number of anilines is 1. The monoisotopic (exact) mass is 305 g/mol. The molecule has 0 aromatic heterocycles. The fourth-order valence-corrected chi connectivity index (χ4v) is 2.03. The number of ether oxygens (including phenoxy) is 2. The summed E-state index contributed by atoms with van der Waals surface area (Å²) in [6, 6.07) is 15.4. The Balaban J connectivity index is 1.75. The summed E-state index contributed by atoms with van der Waals surface area (Å²) in [5, 5.41) is 3.92. The molecule has 0 heterocycles. The smallest absolute Gasteiger partial charge is 0.137 e. The second kappa shape index (κ2) is 7.79. The number of benzene rings is 2. The highest BCUT2D eigenvalue weighted by Gasteiger charge is 2.00. The molecular weight excluding hydrogens is 286 g/mol. The summed E-state index contributed by atoms with van der Waals surface area (Å²) in [7, 11) is 0. The molecule has 0 amide bonds. The first-order valence-electron chi connectivity index (χ1n) is 7.03. The third kappa shape index (κ3) is 5.20. The van der Waals surface area contributed by atoms with Crippen LogP contribution in [0.25, 0.3) is 0 Å². The molecule has 0 unspecified atom stereocenters. The molecule has 3 nitrogen and oxygen atoms in total. The van der Waals surface area contributed by atoms with E-state index in [1.807, 2.05) is 62.4 Å². The fourth-order valence-electron chi connectivity index (χ4n) is 1.84. The van der Waals surface area contributed by atoms with Gasteiger partial charge in [-0.15, -0.1) is 0 Å². The Morgan fingerprint density at radius 1 is 1.05 bits per heavy atom. The highest BCUT2D eigenvalue weighted by molar-refractivity contribution is 6.32. The van der Waals surface area contributed by atoms with Crippen molar-refractivity contribution < 1.29 is 9.47 Å². The minimum Gasteiger partial charge on any atom is -0.491 e. The van der Waals surface area contributed by atoms with Crippen molar-refractivity contribution in [3.63, 3.8) is 0 Å². The average molecular weight is 306 g/mol. The Bertz CT molecular complexity index is 555. The van der Waals surface area contributed by atoms with Gasteiger partial charge < -0.3 is 14.8 Å². The van der Waals surface area contributed by atoms with Gasteiger partial charge in [0.15, 0.2) is 0 Å². The van der Waals surface area contributed by atoms with Gasteiger partial charge in [-0.05, 0) is 50.2 Å². The van der Waals surface area contributed by atoms with Crippen molar-refractivity contribution in [1.29, 1.82) is 0 Å². The largest absolute Gasteiger partial charge is 0.491 e. The zero-order valence-corrected chi connectivity index (χ0v) is 13.1. The normalized spacial score (nSPS) is 10.5. The number of hydrogen-bond acceptors (Lipinski definition) is 3. The molecule has 0 radical (unpaired) electrons. The zero-order chi connectivity index (χ0) is 15.1. The molecule has 0 fully saturated rings. The number of rotatable bonds is 7. The Labute approximate surface area is 130 Å². The van der Waals surface area contributed by atoms with E-state index >= 15 is 0 Å². The predicted molar refractivity (Wildman–Crippen MR) is 87.6 cm³/mol. The van der Waals surface area contributed by atoms with E-state index in [0.29, 0.717) is 23.9 Å². The van der Waals surface area contributed by atoms with E-state index in [1.54, 1.807) is 0 Å². The number of halogens is 1. The van der Waals surface area contributed by atoms with Gasteiger partial charge in [-0.25, -0.2) is 0 Å². The van der Waals surface area contributed by atoms with E-state index in [2.05, 4.69) is 5.32 Å². The molecule has 4 heteroatoms. The van der Waals surface area contributed by atoms with Crippen LogP contribution < -0.4 is 14.8 Å². The molecule has 0 aliphatic heterocycles. The fraction of sp³-hybridized carbons (Fsp3) is 0.294. The minimum absolute atomic E-state index is 0.188. The van der Waals surface area contributed by atoms with Crippen molar-refractivity contribution in [2.75, 3.05) is 18.5 Å². The highest BCUT2D eigenvalue weighted by atomic mass is 35.5. The van der Waals surface area contributed by atoms with Gasteiger partial charge in [0.2, 0.25) is 0 Å². The molecule has 2 rings (SSSR count). The molecule has 0 saturated heterocycles. The second-order valence-corrected chi connectivity index (χ2v) is 5.30. The van der Waals surface area contributed by atoms with Gasteiger partial charge in [0.25, 0.3) is 0 Å². The standard InChI is InChI=1S/C17H20ClNO2/c1-13(2)21-15-9-7-14(8-10-15)19-11-12-20-17-6-4-3-5-16(17)18/h3-10,13,19H,11-12H2,1-2H3. The molecule has 2 aromatic carbocycles. The third-order valence-corrected chi connectivity index (χ3v) is 3.06. The van der Waals surface area contributed by atoms with Crippen LogP contribution in [0.2, 0.25) is 5.02 Å². The molecule has 0 aliphatic carbocycles. The molecule has 21 heavy (non-hydrogen) atoms. The Hall–Kier alpha value is -1.87. The van der Waals surface area contributed by atoms with Crippen LogP contribution in [-0.4, -0.2) is 19.3 Å². The summed E-state index contributed by atoms with van der Waals surface area (Å²) in [5.41, 5.74) is 1.04. The van der Waals surface area contributed by atoms with Gasteiger partial charge >= 0.3 is 0 Å². The van der Waals surface area contributed by atoms with Crippen molar-refractivity contribution >= 4 is 17.3 Å². The first-order chi connectivity index (χ1) is 10.1. The van der Waals surface area contributed by atoms with Gasteiger partial charge in [-0.2, -0.15) is 0 Å². The predicted octanol–water partition coefficient (Wildman–Crippen LogP) is 4.62. The van der Waals surface area contributed by atoms with Gasteiger partial charge in [0.05, 0.1) is 11.1 Å². The SMILES string of the molecule is CC(C)Oc1ccc(NCCOc2ccccc2Cl)cc1. The van der Waals surface area contributed by atoms with Crippen molar-refractivity contribution in [2.45, 2.75) is 20.0 Å². The zero-order valence-electron chi connectivity index (χ0n) is 12.3. The quantitative estimate of drug-likeness (QED) is 0.757. The van der Waals surface area contributed by atoms with E-state index in [0.717, 1.165) is 11.4 Å². The van der Waals surface area contributed by atoms with Crippen LogP contribution in [0.1, 0.15) is 13.8 Å². The lowest BCUT2D eigenvalue weighted by atomic mass is 10.3. The maximum Gasteiger partial charge on any atom is 0.137 e. The highest BCUT2D eigenvalue weighted by Crippen LogP contribution is 2.23. The van der Waals surface area contributed by atoms with Gasteiger partial charge in [-0.1, -0.05) is 23.7 Å². The van der Waals surface area contributed by atoms with E-state index in [9.17, 15) is 0 Å². The first-order valence-corrected chi connectivity index (χ1v) is 7.41. The van der Waals surface area contributed by atoms with Crippen molar-refractivity contribution in [1.82, 2.24) is 0 Å².